The smallest absolute Gasteiger partial charge is 0.241 e. The normalized spacial score (nSPS) is 20.1. The average Bonchev–Trinajstić information content (AvgIpc) is 3.66. The molecule has 3 atom stereocenters. The monoisotopic (exact) mass is 554 g/mol. The van der Waals surface area contributed by atoms with Gasteiger partial charge in [0.1, 0.15) is 5.82 Å². The molecule has 40 heavy (non-hydrogen) atoms. The van der Waals surface area contributed by atoms with E-state index in [1.165, 1.54) is 5.56 Å². The zero-order valence-corrected chi connectivity index (χ0v) is 23.6. The van der Waals surface area contributed by atoms with Gasteiger partial charge in [-0.05, 0) is 85.0 Å². The van der Waals surface area contributed by atoms with E-state index in [4.69, 9.17) is 0 Å². The predicted octanol–water partition coefficient (Wildman–Crippen LogP) is 5.42. The van der Waals surface area contributed by atoms with Crippen molar-refractivity contribution in [1.29, 1.82) is 0 Å². The van der Waals surface area contributed by atoms with Crippen molar-refractivity contribution in [2.45, 2.75) is 56.0 Å². The first-order chi connectivity index (χ1) is 19.3. The van der Waals surface area contributed by atoms with Gasteiger partial charge in [0, 0.05) is 37.1 Å². The van der Waals surface area contributed by atoms with E-state index in [1.54, 1.807) is 24.4 Å². The van der Waals surface area contributed by atoms with Crippen LogP contribution in [0.25, 0.3) is 0 Å². The topological polar surface area (TPSA) is 84.3 Å². The number of rotatable bonds is 8. The van der Waals surface area contributed by atoms with Crippen LogP contribution in [0.15, 0.2) is 90.1 Å². The fourth-order valence-corrected chi connectivity index (χ4v) is 7.19. The minimum atomic E-state index is -3.71. The molecule has 1 heterocycles. The van der Waals surface area contributed by atoms with E-state index in [1.807, 2.05) is 66.0 Å². The van der Waals surface area contributed by atoms with E-state index in [-0.39, 0.29) is 28.7 Å². The predicted molar refractivity (Wildman–Crippen MR) is 155 cm³/mol. The highest BCUT2D eigenvalue weighted by Gasteiger charge is 2.46. The van der Waals surface area contributed by atoms with Crippen molar-refractivity contribution < 1.29 is 13.2 Å². The van der Waals surface area contributed by atoms with Crippen molar-refractivity contribution in [1.82, 2.24) is 14.3 Å². The first-order valence-electron chi connectivity index (χ1n) is 13.8. The second-order valence-corrected chi connectivity index (χ2v) is 12.7. The van der Waals surface area contributed by atoms with Crippen LogP contribution in [0.3, 0.4) is 0 Å². The van der Waals surface area contributed by atoms with Gasteiger partial charge in [-0.3, -0.25) is 4.79 Å². The Labute approximate surface area is 235 Å². The Balaban J connectivity index is 1.32. The number of nitrogens with zero attached hydrogens (tertiary/aromatic N) is 3. The van der Waals surface area contributed by atoms with Crippen molar-refractivity contribution in [3.8, 4) is 0 Å². The molecule has 0 unspecified atom stereocenters. The van der Waals surface area contributed by atoms with Crippen molar-refractivity contribution in [2.24, 2.45) is 13.0 Å². The number of amides is 1. The minimum absolute atomic E-state index is 0.0736. The summed E-state index contributed by atoms with van der Waals surface area (Å²) in [6, 6.07) is 22.9. The van der Waals surface area contributed by atoms with Crippen LogP contribution in [0.2, 0.25) is 0 Å². The van der Waals surface area contributed by atoms with Gasteiger partial charge in [0.05, 0.1) is 11.4 Å². The summed E-state index contributed by atoms with van der Waals surface area (Å²) >= 11 is 0. The highest BCUT2D eigenvalue weighted by molar-refractivity contribution is 7.89. The van der Waals surface area contributed by atoms with Gasteiger partial charge in [-0.25, -0.2) is 18.1 Å². The molecule has 8 heteroatoms. The number of nitrogens with one attached hydrogen (secondary N) is 1. The lowest BCUT2D eigenvalue weighted by atomic mass is 9.87. The van der Waals surface area contributed by atoms with Gasteiger partial charge in [-0.15, -0.1) is 0 Å². The number of aryl methyl sites for hydroxylation is 3. The number of carbonyl (C=O) groups excluding carboxylic acids is 1. The molecule has 1 fully saturated rings. The number of aromatic nitrogens is 2. The summed E-state index contributed by atoms with van der Waals surface area (Å²) in [5, 5.41) is 0. The molecule has 0 radical (unpaired) electrons. The second-order valence-electron chi connectivity index (χ2n) is 11.0. The Morgan fingerprint density at radius 1 is 1.07 bits per heavy atom. The fraction of sp³-hybridized carbons (Fsp3) is 0.312. The number of benzene rings is 3. The maximum Gasteiger partial charge on any atom is 0.241 e. The molecule has 206 valence electrons. The molecule has 3 aromatic carbocycles. The molecule has 6 rings (SSSR count). The molecule has 2 aliphatic rings. The number of anilines is 1. The molecule has 0 aliphatic heterocycles. The maximum atomic E-state index is 14.0. The zero-order chi connectivity index (χ0) is 27.9. The number of imidazole rings is 1. The Morgan fingerprint density at radius 3 is 2.65 bits per heavy atom. The Morgan fingerprint density at radius 2 is 1.90 bits per heavy atom. The highest BCUT2D eigenvalue weighted by Crippen LogP contribution is 2.49. The van der Waals surface area contributed by atoms with Crippen LogP contribution in [0.5, 0.6) is 0 Å². The standard InChI is InChI=1S/C32H34N4O3S/c1-22-8-6-12-26(18-22)40(38,39)34-30-13-7-11-24-14-15-25(19-28(24)30)36(21-31-33-16-17-35(31)2)32(37)29-20-27(29)23-9-4-3-5-10-23/h3-6,8-10,12,14-19,27,29-30,34H,7,11,13,20-21H2,1-2H3/t27-,29+,30+/m1/s1. The van der Waals surface area contributed by atoms with Crippen LogP contribution < -0.4 is 9.62 Å². The largest absolute Gasteiger partial charge is 0.337 e. The Hall–Kier alpha value is -3.75. The van der Waals surface area contributed by atoms with E-state index in [2.05, 4.69) is 27.9 Å². The summed E-state index contributed by atoms with van der Waals surface area (Å²) in [7, 11) is -1.78. The lowest BCUT2D eigenvalue weighted by Gasteiger charge is -2.29. The molecule has 1 N–H and O–H groups in total. The summed E-state index contributed by atoms with van der Waals surface area (Å²) < 4.78 is 31.5. The number of hydrogen-bond acceptors (Lipinski definition) is 4. The lowest BCUT2D eigenvalue weighted by molar-refractivity contribution is -0.120. The molecular formula is C32H34N4O3S. The van der Waals surface area contributed by atoms with Gasteiger partial charge < -0.3 is 9.47 Å². The van der Waals surface area contributed by atoms with Crippen molar-refractivity contribution >= 4 is 21.6 Å². The summed E-state index contributed by atoms with van der Waals surface area (Å²) in [6.45, 7) is 2.23. The highest BCUT2D eigenvalue weighted by atomic mass is 32.2. The first-order valence-corrected chi connectivity index (χ1v) is 15.3. The van der Waals surface area contributed by atoms with E-state index >= 15 is 0 Å². The minimum Gasteiger partial charge on any atom is -0.337 e. The second kappa shape index (κ2) is 10.7. The third-order valence-corrected chi connectivity index (χ3v) is 9.64. The van der Waals surface area contributed by atoms with Crippen LogP contribution in [0.4, 0.5) is 5.69 Å². The average molecular weight is 555 g/mol. The number of sulfonamides is 1. The van der Waals surface area contributed by atoms with Gasteiger partial charge in [-0.1, -0.05) is 48.5 Å². The van der Waals surface area contributed by atoms with Crippen molar-refractivity contribution in [3.05, 3.63) is 113 Å². The van der Waals surface area contributed by atoms with Gasteiger partial charge in [0.2, 0.25) is 15.9 Å². The van der Waals surface area contributed by atoms with Crippen LogP contribution in [-0.2, 0) is 34.8 Å². The first kappa shape index (κ1) is 26.5. The number of carbonyl (C=O) groups is 1. The SMILES string of the molecule is Cc1cccc(S(=O)(=O)N[C@H]2CCCc3ccc(N(Cc4nccn4C)C(=O)[C@H]4C[C@@H]4c4ccccc4)cc32)c1. The molecule has 4 aromatic rings. The molecule has 1 amide bonds. The maximum absolute atomic E-state index is 14.0. The summed E-state index contributed by atoms with van der Waals surface area (Å²) in [4.78, 5) is 20.6. The lowest BCUT2D eigenvalue weighted by Crippen LogP contribution is -2.34. The summed E-state index contributed by atoms with van der Waals surface area (Å²) in [6.07, 6.45) is 6.92. The van der Waals surface area contributed by atoms with Gasteiger partial charge in [0.25, 0.3) is 0 Å². The Bertz CT molecular complexity index is 1650. The zero-order valence-electron chi connectivity index (χ0n) is 22.8. The third-order valence-electron chi connectivity index (χ3n) is 8.17. The molecular weight excluding hydrogens is 520 g/mol. The molecule has 0 saturated heterocycles. The fourth-order valence-electron chi connectivity index (χ4n) is 5.84. The number of hydrogen-bond donors (Lipinski definition) is 1. The molecule has 1 aromatic heterocycles. The molecule has 0 spiro atoms. The quantitative estimate of drug-likeness (QED) is 0.315. The Kier molecular flexibility index (Phi) is 7.06. The van der Waals surface area contributed by atoms with Gasteiger partial charge in [0.15, 0.2) is 0 Å². The molecule has 7 nitrogen and oxygen atoms in total. The van der Waals surface area contributed by atoms with Gasteiger partial charge >= 0.3 is 0 Å². The van der Waals surface area contributed by atoms with E-state index in [0.717, 1.165) is 47.5 Å². The van der Waals surface area contributed by atoms with Crippen LogP contribution in [0, 0.1) is 12.8 Å². The molecule has 0 bridgehead atoms. The third kappa shape index (κ3) is 5.33. The van der Waals surface area contributed by atoms with Gasteiger partial charge in [-0.2, -0.15) is 0 Å². The van der Waals surface area contributed by atoms with E-state index in [9.17, 15) is 13.2 Å². The van der Waals surface area contributed by atoms with Crippen LogP contribution >= 0.6 is 0 Å². The van der Waals surface area contributed by atoms with Crippen molar-refractivity contribution in [3.63, 3.8) is 0 Å². The van der Waals surface area contributed by atoms with Crippen molar-refractivity contribution in [2.75, 3.05) is 4.90 Å². The van der Waals surface area contributed by atoms with E-state index in [0.29, 0.717) is 13.0 Å². The van der Waals surface area contributed by atoms with Crippen LogP contribution in [-0.4, -0.2) is 23.9 Å². The summed E-state index contributed by atoms with van der Waals surface area (Å²) in [5.41, 5.74) is 4.91. The number of fused-ring (bicyclic) bond motifs is 1. The summed E-state index contributed by atoms with van der Waals surface area (Å²) in [5.74, 6) is 0.989. The molecule has 1 saturated carbocycles. The van der Waals surface area contributed by atoms with E-state index < -0.39 is 10.0 Å². The van der Waals surface area contributed by atoms with Crippen LogP contribution in [0.1, 0.15) is 59.3 Å². The molecule has 2 aliphatic carbocycles.